The predicted molar refractivity (Wildman–Crippen MR) is 86.6 cm³/mol. The molecule has 25 heavy (non-hydrogen) atoms. The van der Waals surface area contributed by atoms with Gasteiger partial charge in [-0.15, -0.1) is 11.3 Å². The van der Waals surface area contributed by atoms with Crippen LogP contribution in [0.15, 0.2) is 47.9 Å². The lowest BCUT2D eigenvalue weighted by Gasteiger charge is -2.02. The minimum atomic E-state index is -5.07. The van der Waals surface area contributed by atoms with Gasteiger partial charge in [-0.05, 0) is 23.8 Å². The quantitative estimate of drug-likeness (QED) is 0.797. The third-order valence-corrected chi connectivity index (χ3v) is 4.83. The second kappa shape index (κ2) is 7.19. The van der Waals surface area contributed by atoms with Gasteiger partial charge in [-0.1, -0.05) is 30.3 Å². The third-order valence-electron chi connectivity index (χ3n) is 2.79. The minimum Gasteiger partial charge on any atom is -0.283 e. The van der Waals surface area contributed by atoms with Gasteiger partial charge in [0.1, 0.15) is 0 Å². The summed E-state index contributed by atoms with van der Waals surface area (Å²) < 4.78 is 62.3. The van der Waals surface area contributed by atoms with Gasteiger partial charge in [0.25, 0.3) is 21.7 Å². The average molecular weight is 389 g/mol. The van der Waals surface area contributed by atoms with Crippen LogP contribution in [-0.2, 0) is 10.0 Å². The summed E-state index contributed by atoms with van der Waals surface area (Å²) in [5, 5.41) is 0.760. The van der Waals surface area contributed by atoms with E-state index in [4.69, 9.17) is 0 Å². The van der Waals surface area contributed by atoms with Gasteiger partial charge in [0.2, 0.25) is 0 Å². The number of sulfonamides is 1. The standard InChI is InChI=1S/C15H10F3NO4S2/c16-15(17,18)13(20)11-6-7-12(24-11)14(21)19-25(22,23)9-8-10-4-2-1-3-5-10/h1-9H,(H,19,21). The number of amides is 1. The highest BCUT2D eigenvalue weighted by Crippen LogP contribution is 2.26. The van der Waals surface area contributed by atoms with E-state index in [1.807, 2.05) is 0 Å². The van der Waals surface area contributed by atoms with Crippen LogP contribution < -0.4 is 4.72 Å². The fourth-order valence-electron chi connectivity index (χ4n) is 1.67. The van der Waals surface area contributed by atoms with Crippen molar-refractivity contribution in [1.82, 2.24) is 4.72 Å². The molecule has 5 nitrogen and oxygen atoms in total. The monoisotopic (exact) mass is 389 g/mol. The Hall–Kier alpha value is -2.46. The number of halogens is 3. The Labute approximate surface area is 144 Å². The zero-order valence-electron chi connectivity index (χ0n) is 12.3. The number of carbonyl (C=O) groups is 2. The molecule has 0 fully saturated rings. The van der Waals surface area contributed by atoms with Gasteiger partial charge in [0, 0.05) is 0 Å². The molecule has 1 N–H and O–H groups in total. The van der Waals surface area contributed by atoms with Crippen LogP contribution in [0.4, 0.5) is 13.2 Å². The largest absolute Gasteiger partial charge is 0.455 e. The van der Waals surface area contributed by atoms with Gasteiger partial charge in [0.05, 0.1) is 15.2 Å². The maximum Gasteiger partial charge on any atom is 0.455 e. The van der Waals surface area contributed by atoms with Crippen molar-refractivity contribution in [3.63, 3.8) is 0 Å². The number of ketones is 1. The summed E-state index contributed by atoms with van der Waals surface area (Å²) in [5.74, 6) is -3.22. The van der Waals surface area contributed by atoms with E-state index in [1.54, 1.807) is 35.1 Å². The van der Waals surface area contributed by atoms with E-state index in [9.17, 15) is 31.2 Å². The molecule has 0 radical (unpaired) electrons. The van der Waals surface area contributed by atoms with Crippen LogP contribution >= 0.6 is 11.3 Å². The van der Waals surface area contributed by atoms with Crippen LogP contribution in [0.25, 0.3) is 6.08 Å². The van der Waals surface area contributed by atoms with Gasteiger partial charge in [0.15, 0.2) is 0 Å². The van der Waals surface area contributed by atoms with Crippen molar-refractivity contribution in [3.05, 3.63) is 63.2 Å². The van der Waals surface area contributed by atoms with Gasteiger partial charge >= 0.3 is 6.18 Å². The Bertz CT molecular complexity index is 916. The fraction of sp³-hybridized carbons (Fsp3) is 0.0667. The molecular weight excluding hydrogens is 379 g/mol. The molecule has 0 bridgehead atoms. The Kier molecular flexibility index (Phi) is 5.43. The highest BCUT2D eigenvalue weighted by atomic mass is 32.2. The van der Waals surface area contributed by atoms with Gasteiger partial charge in [-0.2, -0.15) is 13.2 Å². The van der Waals surface area contributed by atoms with Crippen LogP contribution in [0.5, 0.6) is 0 Å². The number of hydrogen-bond donors (Lipinski definition) is 1. The second-order valence-electron chi connectivity index (χ2n) is 4.68. The first kappa shape index (κ1) is 18.9. The summed E-state index contributed by atoms with van der Waals surface area (Å²) in [5.41, 5.74) is 0.578. The van der Waals surface area contributed by atoms with Crippen LogP contribution in [0, 0.1) is 0 Å². The predicted octanol–water partition coefficient (Wildman–Crippen LogP) is 3.22. The normalized spacial score (nSPS) is 12.3. The number of thiophene rings is 1. The maximum absolute atomic E-state index is 12.3. The Morgan fingerprint density at radius 2 is 1.60 bits per heavy atom. The molecule has 0 aliphatic carbocycles. The number of carbonyl (C=O) groups excluding carboxylic acids is 2. The molecule has 0 atom stereocenters. The van der Waals surface area contributed by atoms with E-state index in [0.717, 1.165) is 17.5 Å². The number of Topliss-reactive ketones (excluding diaryl/α,β-unsaturated/α-hetero) is 1. The smallest absolute Gasteiger partial charge is 0.283 e. The van der Waals surface area contributed by atoms with Gasteiger partial charge in [-0.25, -0.2) is 13.1 Å². The molecule has 2 rings (SSSR count). The number of nitrogens with one attached hydrogen (secondary N) is 1. The van der Waals surface area contributed by atoms with Crippen molar-refractivity contribution in [3.8, 4) is 0 Å². The highest BCUT2D eigenvalue weighted by molar-refractivity contribution is 7.93. The molecule has 1 amide bonds. The van der Waals surface area contributed by atoms with Gasteiger partial charge < -0.3 is 0 Å². The SMILES string of the molecule is O=C(NS(=O)(=O)C=Cc1ccccc1)c1ccc(C(=O)C(F)(F)F)s1. The summed E-state index contributed by atoms with van der Waals surface area (Å²) in [6.07, 6.45) is -3.81. The molecule has 132 valence electrons. The van der Waals surface area contributed by atoms with Crippen LogP contribution in [0.2, 0.25) is 0 Å². The molecule has 0 spiro atoms. The minimum absolute atomic E-state index is 0.261. The van der Waals surface area contributed by atoms with Crippen molar-refractivity contribution in [2.24, 2.45) is 0 Å². The molecular formula is C15H10F3NO4S2. The summed E-state index contributed by atoms with van der Waals surface area (Å²) in [6.45, 7) is 0. The number of hydrogen-bond acceptors (Lipinski definition) is 5. The summed E-state index contributed by atoms with van der Waals surface area (Å²) in [6, 6.07) is 10.2. The van der Waals surface area contributed by atoms with Gasteiger partial charge in [-0.3, -0.25) is 9.59 Å². The average Bonchev–Trinajstić information content (AvgIpc) is 3.02. The molecule has 0 aliphatic heterocycles. The zero-order chi connectivity index (χ0) is 18.7. The number of benzene rings is 1. The van der Waals surface area contributed by atoms with Crippen molar-refractivity contribution in [1.29, 1.82) is 0 Å². The topological polar surface area (TPSA) is 80.3 Å². The van der Waals surface area contributed by atoms with Crippen molar-refractivity contribution < 1.29 is 31.2 Å². The van der Waals surface area contributed by atoms with E-state index in [2.05, 4.69) is 0 Å². The van der Waals surface area contributed by atoms with Crippen LogP contribution in [0.3, 0.4) is 0 Å². The van der Waals surface area contributed by atoms with Crippen molar-refractivity contribution in [2.75, 3.05) is 0 Å². The second-order valence-corrected chi connectivity index (χ2v) is 7.33. The molecule has 1 aromatic carbocycles. The Morgan fingerprint density at radius 1 is 1.00 bits per heavy atom. The first-order chi connectivity index (χ1) is 11.6. The Balaban J connectivity index is 2.10. The van der Waals surface area contributed by atoms with Crippen LogP contribution in [-0.4, -0.2) is 26.3 Å². The molecule has 0 unspecified atom stereocenters. The highest BCUT2D eigenvalue weighted by Gasteiger charge is 2.40. The first-order valence-electron chi connectivity index (χ1n) is 6.60. The van der Waals surface area contributed by atoms with E-state index < -0.39 is 32.8 Å². The van der Waals surface area contributed by atoms with E-state index in [0.29, 0.717) is 5.56 Å². The zero-order valence-corrected chi connectivity index (χ0v) is 13.9. The Morgan fingerprint density at radius 3 is 2.20 bits per heavy atom. The number of alkyl halides is 3. The number of rotatable bonds is 5. The molecule has 2 aromatic rings. The maximum atomic E-state index is 12.3. The van der Waals surface area contributed by atoms with Crippen LogP contribution in [0.1, 0.15) is 24.9 Å². The molecule has 1 heterocycles. The summed E-state index contributed by atoms with van der Waals surface area (Å²) >= 11 is 0.261. The van der Waals surface area contributed by atoms with E-state index in [-0.39, 0.29) is 16.2 Å². The molecule has 10 heteroatoms. The fourth-order valence-corrected chi connectivity index (χ4v) is 3.37. The summed E-state index contributed by atoms with van der Waals surface area (Å²) in [7, 11) is -4.15. The summed E-state index contributed by atoms with van der Waals surface area (Å²) in [4.78, 5) is 21.9. The third kappa shape index (κ3) is 5.26. The lowest BCUT2D eigenvalue weighted by atomic mass is 10.2. The van der Waals surface area contributed by atoms with Crippen molar-refractivity contribution >= 4 is 39.1 Å². The van der Waals surface area contributed by atoms with E-state index in [1.165, 1.54) is 6.08 Å². The van der Waals surface area contributed by atoms with E-state index >= 15 is 0 Å². The molecule has 0 saturated heterocycles. The molecule has 0 saturated carbocycles. The first-order valence-corrected chi connectivity index (χ1v) is 8.96. The lowest BCUT2D eigenvalue weighted by molar-refractivity contribution is -0.0882. The lowest BCUT2D eigenvalue weighted by Crippen LogP contribution is -2.28. The molecule has 1 aromatic heterocycles. The molecule has 0 aliphatic rings. The van der Waals surface area contributed by atoms with Crippen molar-refractivity contribution in [2.45, 2.75) is 6.18 Å².